The molecule has 0 spiro atoms. The second-order valence-electron chi connectivity index (χ2n) is 7.63. The summed E-state index contributed by atoms with van der Waals surface area (Å²) in [5.41, 5.74) is 7.08. The first-order valence-electron chi connectivity index (χ1n) is 9.57. The van der Waals surface area contributed by atoms with Crippen LogP contribution in [0.3, 0.4) is 0 Å². The molecule has 26 heavy (non-hydrogen) atoms. The highest BCUT2D eigenvalue weighted by atomic mass is 35.5. The maximum absolute atomic E-state index is 13.1. The normalized spacial score (nSPS) is 23.3. The van der Waals surface area contributed by atoms with Crippen LogP contribution in [0, 0.1) is 11.7 Å². The predicted octanol–water partition coefficient (Wildman–Crippen LogP) is 3.19. The highest BCUT2D eigenvalue weighted by molar-refractivity contribution is 5.85. The average Bonchev–Trinajstić information content (AvgIpc) is 2.63. The SMILES string of the molecule is CC(N)C1CCN(C(=O)C2CCCCN2Cc2ccc(F)cc2)CC1.Cl. The quantitative estimate of drug-likeness (QED) is 0.868. The van der Waals surface area contributed by atoms with Crippen molar-refractivity contribution in [2.45, 2.75) is 57.7 Å². The Kier molecular flexibility index (Phi) is 7.86. The van der Waals surface area contributed by atoms with Crippen LogP contribution in [0.25, 0.3) is 0 Å². The minimum atomic E-state index is -0.216. The van der Waals surface area contributed by atoms with Gasteiger partial charge in [0, 0.05) is 25.7 Å². The number of hydrogen-bond donors (Lipinski definition) is 1. The smallest absolute Gasteiger partial charge is 0.239 e. The summed E-state index contributed by atoms with van der Waals surface area (Å²) in [6.45, 7) is 5.36. The predicted molar refractivity (Wildman–Crippen MR) is 105 cm³/mol. The van der Waals surface area contributed by atoms with Gasteiger partial charge in [0.15, 0.2) is 0 Å². The van der Waals surface area contributed by atoms with Crippen molar-refractivity contribution in [3.63, 3.8) is 0 Å². The molecule has 2 fully saturated rings. The molecule has 3 rings (SSSR count). The van der Waals surface area contributed by atoms with Gasteiger partial charge in [-0.05, 0) is 62.8 Å². The molecule has 2 N–H and O–H groups in total. The maximum Gasteiger partial charge on any atom is 0.239 e. The van der Waals surface area contributed by atoms with E-state index >= 15 is 0 Å². The van der Waals surface area contributed by atoms with E-state index in [2.05, 4.69) is 11.8 Å². The summed E-state index contributed by atoms with van der Waals surface area (Å²) in [5.74, 6) is 0.586. The molecule has 2 aliphatic heterocycles. The fraction of sp³-hybridized carbons (Fsp3) is 0.650. The van der Waals surface area contributed by atoms with E-state index in [1.54, 1.807) is 0 Å². The number of amides is 1. The second-order valence-corrected chi connectivity index (χ2v) is 7.63. The van der Waals surface area contributed by atoms with E-state index in [1.165, 1.54) is 12.1 Å². The Morgan fingerprint density at radius 1 is 1.15 bits per heavy atom. The number of piperidine rings is 2. The van der Waals surface area contributed by atoms with Crippen LogP contribution in [-0.4, -0.2) is 47.4 Å². The molecule has 1 amide bonds. The molecule has 6 heteroatoms. The largest absolute Gasteiger partial charge is 0.341 e. The number of hydrogen-bond acceptors (Lipinski definition) is 3. The molecule has 0 aliphatic carbocycles. The van der Waals surface area contributed by atoms with E-state index in [0.717, 1.165) is 57.3 Å². The summed E-state index contributed by atoms with van der Waals surface area (Å²) >= 11 is 0. The lowest BCUT2D eigenvalue weighted by atomic mass is 9.90. The molecule has 2 saturated heterocycles. The Balaban J connectivity index is 0.00000243. The Hall–Kier alpha value is -1.17. The lowest BCUT2D eigenvalue weighted by Crippen LogP contribution is -2.53. The number of likely N-dealkylation sites (tertiary alicyclic amines) is 2. The maximum atomic E-state index is 13.1. The number of nitrogens with two attached hydrogens (primary N) is 1. The van der Waals surface area contributed by atoms with E-state index in [1.807, 2.05) is 17.0 Å². The van der Waals surface area contributed by atoms with Crippen molar-refractivity contribution < 1.29 is 9.18 Å². The highest BCUT2D eigenvalue weighted by Gasteiger charge is 2.34. The molecule has 0 bridgehead atoms. The van der Waals surface area contributed by atoms with Crippen molar-refractivity contribution in [2.75, 3.05) is 19.6 Å². The first-order valence-corrected chi connectivity index (χ1v) is 9.57. The number of benzene rings is 1. The summed E-state index contributed by atoms with van der Waals surface area (Å²) in [6.07, 6.45) is 5.17. The van der Waals surface area contributed by atoms with Gasteiger partial charge < -0.3 is 10.6 Å². The van der Waals surface area contributed by atoms with Gasteiger partial charge in [0.2, 0.25) is 5.91 Å². The number of nitrogens with zero attached hydrogens (tertiary/aromatic N) is 2. The van der Waals surface area contributed by atoms with Crippen molar-refractivity contribution in [1.82, 2.24) is 9.80 Å². The van der Waals surface area contributed by atoms with Gasteiger partial charge in [-0.3, -0.25) is 9.69 Å². The van der Waals surface area contributed by atoms with Crippen molar-refractivity contribution in [1.29, 1.82) is 0 Å². The van der Waals surface area contributed by atoms with Crippen LogP contribution in [0.4, 0.5) is 4.39 Å². The Morgan fingerprint density at radius 3 is 2.42 bits per heavy atom. The highest BCUT2D eigenvalue weighted by Crippen LogP contribution is 2.25. The zero-order valence-corrected chi connectivity index (χ0v) is 16.4. The Morgan fingerprint density at radius 2 is 1.81 bits per heavy atom. The molecule has 0 saturated carbocycles. The fourth-order valence-electron chi connectivity index (χ4n) is 4.14. The van der Waals surface area contributed by atoms with E-state index in [-0.39, 0.29) is 36.2 Å². The minimum Gasteiger partial charge on any atom is -0.341 e. The lowest BCUT2D eigenvalue weighted by Gasteiger charge is -2.40. The summed E-state index contributed by atoms with van der Waals surface area (Å²) in [5, 5.41) is 0. The third kappa shape index (κ3) is 5.18. The van der Waals surface area contributed by atoms with E-state index in [4.69, 9.17) is 5.73 Å². The molecule has 2 aliphatic rings. The van der Waals surface area contributed by atoms with Crippen LogP contribution in [0.5, 0.6) is 0 Å². The zero-order chi connectivity index (χ0) is 17.8. The van der Waals surface area contributed by atoms with Crippen LogP contribution in [-0.2, 0) is 11.3 Å². The molecule has 4 nitrogen and oxygen atoms in total. The van der Waals surface area contributed by atoms with Crippen LogP contribution in [0.2, 0.25) is 0 Å². The van der Waals surface area contributed by atoms with Crippen LogP contribution < -0.4 is 5.73 Å². The van der Waals surface area contributed by atoms with Crippen molar-refractivity contribution in [3.05, 3.63) is 35.6 Å². The van der Waals surface area contributed by atoms with Gasteiger partial charge in [0.25, 0.3) is 0 Å². The number of carbonyl (C=O) groups is 1. The third-order valence-electron chi connectivity index (χ3n) is 5.79. The van der Waals surface area contributed by atoms with E-state index in [9.17, 15) is 9.18 Å². The monoisotopic (exact) mass is 383 g/mol. The third-order valence-corrected chi connectivity index (χ3v) is 5.79. The minimum absolute atomic E-state index is 0. The molecule has 2 unspecified atom stereocenters. The van der Waals surface area contributed by atoms with E-state index in [0.29, 0.717) is 12.5 Å². The molecule has 0 aromatic heterocycles. The van der Waals surface area contributed by atoms with Gasteiger partial charge in [0.05, 0.1) is 6.04 Å². The van der Waals surface area contributed by atoms with Crippen LogP contribution >= 0.6 is 12.4 Å². The molecule has 1 aromatic carbocycles. The van der Waals surface area contributed by atoms with Crippen LogP contribution in [0.15, 0.2) is 24.3 Å². The summed E-state index contributed by atoms with van der Waals surface area (Å²) in [4.78, 5) is 17.4. The molecule has 2 heterocycles. The molecule has 0 radical (unpaired) electrons. The van der Waals surface area contributed by atoms with Crippen LogP contribution in [0.1, 0.15) is 44.6 Å². The van der Waals surface area contributed by atoms with Gasteiger partial charge in [-0.2, -0.15) is 0 Å². The number of carbonyl (C=O) groups excluding carboxylic acids is 1. The zero-order valence-electron chi connectivity index (χ0n) is 15.6. The first-order chi connectivity index (χ1) is 12.0. The first kappa shape index (κ1) is 21.1. The van der Waals surface area contributed by atoms with Gasteiger partial charge in [-0.1, -0.05) is 18.6 Å². The molecule has 1 aromatic rings. The summed E-state index contributed by atoms with van der Waals surface area (Å²) < 4.78 is 13.1. The standard InChI is InChI=1S/C20H30FN3O.ClH/c1-15(22)17-9-12-23(13-10-17)20(25)19-4-2-3-11-24(19)14-16-5-7-18(21)8-6-16;/h5-8,15,17,19H,2-4,9-14,22H2,1H3;1H. The van der Waals surface area contributed by atoms with Gasteiger partial charge >= 0.3 is 0 Å². The lowest BCUT2D eigenvalue weighted by molar-refractivity contribution is -0.140. The average molecular weight is 384 g/mol. The van der Waals surface area contributed by atoms with Gasteiger partial charge in [0.1, 0.15) is 5.82 Å². The van der Waals surface area contributed by atoms with Gasteiger partial charge in [-0.15, -0.1) is 12.4 Å². The number of halogens is 2. The van der Waals surface area contributed by atoms with Gasteiger partial charge in [-0.25, -0.2) is 4.39 Å². The fourth-order valence-corrected chi connectivity index (χ4v) is 4.14. The van der Waals surface area contributed by atoms with Crippen molar-refractivity contribution in [3.8, 4) is 0 Å². The summed E-state index contributed by atoms with van der Waals surface area (Å²) in [6, 6.07) is 6.80. The Bertz CT molecular complexity index is 573. The topological polar surface area (TPSA) is 49.6 Å². The van der Waals surface area contributed by atoms with E-state index < -0.39 is 0 Å². The summed E-state index contributed by atoms with van der Waals surface area (Å²) in [7, 11) is 0. The molecule has 146 valence electrons. The molecular formula is C20H31ClFN3O. The molecule has 2 atom stereocenters. The van der Waals surface area contributed by atoms with Crippen molar-refractivity contribution >= 4 is 18.3 Å². The Labute approximate surface area is 162 Å². The number of rotatable bonds is 4. The molecular weight excluding hydrogens is 353 g/mol. The second kappa shape index (κ2) is 9.67. The van der Waals surface area contributed by atoms with Crippen molar-refractivity contribution in [2.24, 2.45) is 11.7 Å².